The van der Waals surface area contributed by atoms with E-state index >= 15 is 0 Å². The molecule has 19 nitrogen and oxygen atoms in total. The number of hydrogen-bond donors (Lipinski definition) is 12. The lowest BCUT2D eigenvalue weighted by molar-refractivity contribution is -0.379. The molecular formula is C79H141NO18. The Bertz CT molecular complexity index is 2050. The van der Waals surface area contributed by atoms with E-state index in [1.807, 2.05) is 6.08 Å². The number of aliphatic hydroxyl groups excluding tert-OH is 11. The first-order chi connectivity index (χ1) is 47.8. The summed E-state index contributed by atoms with van der Waals surface area (Å²) in [5, 5.41) is 121. The van der Waals surface area contributed by atoms with Crippen molar-refractivity contribution in [1.29, 1.82) is 0 Å². The van der Waals surface area contributed by atoms with Crippen molar-refractivity contribution in [2.75, 3.05) is 26.4 Å². The van der Waals surface area contributed by atoms with Crippen LogP contribution in [-0.2, 0) is 33.2 Å². The fourth-order valence-electron chi connectivity index (χ4n) is 13.0. The van der Waals surface area contributed by atoms with Crippen molar-refractivity contribution in [1.82, 2.24) is 5.32 Å². The maximum Gasteiger partial charge on any atom is 0.220 e. The van der Waals surface area contributed by atoms with Crippen molar-refractivity contribution in [3.8, 4) is 0 Å². The third kappa shape index (κ3) is 39.8. The first-order valence-corrected chi connectivity index (χ1v) is 39.2. The van der Waals surface area contributed by atoms with Crippen molar-refractivity contribution in [3.05, 3.63) is 72.9 Å². The minimum Gasteiger partial charge on any atom is -0.394 e. The highest BCUT2D eigenvalue weighted by Crippen LogP contribution is 2.33. The van der Waals surface area contributed by atoms with Gasteiger partial charge in [-0.15, -0.1) is 0 Å². The van der Waals surface area contributed by atoms with E-state index in [2.05, 4.69) is 79.9 Å². The number of ether oxygens (including phenoxy) is 6. The van der Waals surface area contributed by atoms with Gasteiger partial charge in [0.15, 0.2) is 18.9 Å². The summed E-state index contributed by atoms with van der Waals surface area (Å²) < 4.78 is 34.4. The Morgan fingerprint density at radius 2 is 0.704 bits per heavy atom. The summed E-state index contributed by atoms with van der Waals surface area (Å²) in [6.45, 7) is 1.65. The molecule has 17 atom stereocenters. The fraction of sp³-hybridized carbons (Fsp3) is 0.835. The molecule has 0 saturated carbocycles. The number of amides is 1. The second kappa shape index (κ2) is 59.6. The molecule has 3 fully saturated rings. The Morgan fingerprint density at radius 3 is 1.10 bits per heavy atom. The molecule has 98 heavy (non-hydrogen) atoms. The van der Waals surface area contributed by atoms with Crippen LogP contribution in [-0.4, -0.2) is 193 Å². The number of carbonyl (C=O) groups excluding carboxylic acids is 1. The van der Waals surface area contributed by atoms with Gasteiger partial charge in [0.1, 0.15) is 73.2 Å². The number of unbranched alkanes of at least 4 members (excludes halogenated alkanes) is 35. The molecule has 0 bridgehead atoms. The Morgan fingerprint density at radius 1 is 0.378 bits per heavy atom. The molecule has 3 saturated heterocycles. The lowest BCUT2D eigenvalue weighted by Gasteiger charge is -2.48. The first kappa shape index (κ1) is 89.4. The minimum absolute atomic E-state index is 0.244. The number of hydrogen-bond acceptors (Lipinski definition) is 18. The van der Waals surface area contributed by atoms with Crippen molar-refractivity contribution in [2.24, 2.45) is 0 Å². The summed E-state index contributed by atoms with van der Waals surface area (Å²) in [6.07, 6.45) is 50.3. The standard InChI is InChI=1S/C79H141NO18/c1-3-5-7-9-11-13-15-17-19-21-23-24-25-26-27-28-29-30-31-32-33-34-35-36-37-38-39-41-43-45-47-49-51-53-55-57-67(85)80-62(63(84)56-54-52-50-48-46-44-42-40-22-20-18-16-14-12-10-8-6-4-2)61-93-77-73(91)70(88)75(65(59-82)95-77)98-79-74(92)71(89)76(66(60-83)96-79)97-78-72(90)69(87)68(86)64(58-81)94-78/h5,7,11,13,17,19,23-24,26-27,54,56,62-66,68-79,81-84,86-92H,3-4,6,8-10,12,14-16,18,20-22,25,28-53,55,57-61H2,1-2H3,(H,80,85)/b7-5-,13-11-,19-17-,24-23-,27-26-,56-54+. The zero-order chi connectivity index (χ0) is 71.1. The third-order valence-electron chi connectivity index (χ3n) is 19.3. The van der Waals surface area contributed by atoms with Gasteiger partial charge in [-0.2, -0.15) is 0 Å². The molecule has 17 unspecified atom stereocenters. The summed E-state index contributed by atoms with van der Waals surface area (Å²) in [5.74, 6) is -0.273. The van der Waals surface area contributed by atoms with E-state index in [9.17, 15) is 61.0 Å². The normalized spacial score (nSPS) is 27.1. The van der Waals surface area contributed by atoms with Crippen LogP contribution >= 0.6 is 0 Å². The van der Waals surface area contributed by atoms with E-state index < -0.39 is 124 Å². The molecule has 3 aliphatic rings. The van der Waals surface area contributed by atoms with Crippen LogP contribution in [0, 0.1) is 0 Å². The molecule has 3 heterocycles. The Hall–Kier alpha value is -2.77. The van der Waals surface area contributed by atoms with Gasteiger partial charge in [-0.25, -0.2) is 0 Å². The number of aliphatic hydroxyl groups is 11. The molecule has 0 aromatic rings. The molecule has 1 amide bonds. The highest BCUT2D eigenvalue weighted by molar-refractivity contribution is 5.76. The first-order valence-electron chi connectivity index (χ1n) is 39.2. The SMILES string of the molecule is CC/C=C\C/C=C\C/C=C\C/C=C\C/C=C\CCCCCCCCCCCCCCCCCCCCCC(=O)NC(COC1OC(CO)C(OC2OC(CO)C(OC3OC(CO)C(O)C(O)C3O)C(O)C2O)C(O)C1O)C(O)/C=C/CCCCCCCCCCCCCCCCCC. The fourth-order valence-corrected chi connectivity index (χ4v) is 13.0. The van der Waals surface area contributed by atoms with Gasteiger partial charge in [-0.05, 0) is 64.2 Å². The monoisotopic (exact) mass is 1390 g/mol. The predicted octanol–water partition coefficient (Wildman–Crippen LogP) is 12.4. The zero-order valence-corrected chi connectivity index (χ0v) is 60.8. The van der Waals surface area contributed by atoms with Crippen LogP contribution in [0.25, 0.3) is 0 Å². The second-order valence-electron chi connectivity index (χ2n) is 27.8. The molecule has 570 valence electrons. The Kier molecular flexibility index (Phi) is 54.4. The van der Waals surface area contributed by atoms with E-state index in [1.165, 1.54) is 186 Å². The highest BCUT2D eigenvalue weighted by atomic mass is 16.8. The molecule has 0 aromatic carbocycles. The Labute approximate surface area is 591 Å². The van der Waals surface area contributed by atoms with Gasteiger partial charge in [0.25, 0.3) is 0 Å². The average molecular weight is 1390 g/mol. The lowest BCUT2D eigenvalue weighted by atomic mass is 9.96. The van der Waals surface area contributed by atoms with Crippen LogP contribution in [0.2, 0.25) is 0 Å². The molecule has 3 rings (SSSR count). The summed E-state index contributed by atoms with van der Waals surface area (Å²) in [4.78, 5) is 13.5. The van der Waals surface area contributed by atoms with Gasteiger partial charge in [0.2, 0.25) is 5.91 Å². The van der Waals surface area contributed by atoms with E-state index in [4.69, 9.17) is 28.4 Å². The topological polar surface area (TPSA) is 307 Å². The molecule has 19 heteroatoms. The largest absolute Gasteiger partial charge is 0.394 e. The van der Waals surface area contributed by atoms with Crippen LogP contribution in [0.1, 0.15) is 290 Å². The number of allylic oxidation sites excluding steroid dienone is 11. The molecule has 0 radical (unpaired) electrons. The Balaban J connectivity index is 1.34. The summed E-state index contributed by atoms with van der Waals surface area (Å²) in [7, 11) is 0. The lowest BCUT2D eigenvalue weighted by Crippen LogP contribution is -2.66. The van der Waals surface area contributed by atoms with E-state index in [1.54, 1.807) is 6.08 Å². The van der Waals surface area contributed by atoms with Crippen LogP contribution in [0.4, 0.5) is 0 Å². The maximum atomic E-state index is 13.5. The number of carbonyl (C=O) groups is 1. The van der Waals surface area contributed by atoms with Gasteiger partial charge in [-0.1, -0.05) is 292 Å². The molecule has 0 aliphatic carbocycles. The van der Waals surface area contributed by atoms with Crippen LogP contribution in [0.5, 0.6) is 0 Å². The molecule has 12 N–H and O–H groups in total. The summed E-state index contributed by atoms with van der Waals surface area (Å²) in [5.41, 5.74) is 0. The van der Waals surface area contributed by atoms with E-state index in [0.29, 0.717) is 6.42 Å². The predicted molar refractivity (Wildman–Crippen MR) is 388 cm³/mol. The minimum atomic E-state index is -1.98. The van der Waals surface area contributed by atoms with Gasteiger partial charge in [0.05, 0.1) is 38.6 Å². The van der Waals surface area contributed by atoms with Gasteiger partial charge in [0, 0.05) is 6.42 Å². The van der Waals surface area contributed by atoms with Crippen LogP contribution in [0.15, 0.2) is 72.9 Å². The maximum absolute atomic E-state index is 13.5. The van der Waals surface area contributed by atoms with Crippen molar-refractivity contribution in [3.63, 3.8) is 0 Å². The molecule has 0 aromatic heterocycles. The molecule has 0 spiro atoms. The average Bonchev–Trinajstić information content (AvgIpc) is 0.785. The second-order valence-corrected chi connectivity index (χ2v) is 27.8. The van der Waals surface area contributed by atoms with E-state index in [0.717, 1.165) is 77.0 Å². The third-order valence-corrected chi connectivity index (χ3v) is 19.3. The molecular weight excluding hydrogens is 1250 g/mol. The quantitative estimate of drug-likeness (QED) is 0.0199. The van der Waals surface area contributed by atoms with Crippen molar-refractivity contribution < 1.29 is 89.4 Å². The zero-order valence-electron chi connectivity index (χ0n) is 60.8. The number of rotatable bonds is 61. The van der Waals surface area contributed by atoms with E-state index in [-0.39, 0.29) is 18.9 Å². The van der Waals surface area contributed by atoms with Crippen molar-refractivity contribution in [2.45, 2.75) is 394 Å². The summed E-state index contributed by atoms with van der Waals surface area (Å²) in [6, 6.07) is -0.975. The van der Waals surface area contributed by atoms with Crippen LogP contribution in [0.3, 0.4) is 0 Å². The van der Waals surface area contributed by atoms with Gasteiger partial charge < -0.3 is 89.9 Å². The van der Waals surface area contributed by atoms with Gasteiger partial charge >= 0.3 is 0 Å². The number of nitrogens with one attached hydrogen (secondary N) is 1. The summed E-state index contributed by atoms with van der Waals surface area (Å²) >= 11 is 0. The van der Waals surface area contributed by atoms with Crippen molar-refractivity contribution >= 4 is 5.91 Å². The smallest absolute Gasteiger partial charge is 0.220 e. The molecule has 3 aliphatic heterocycles. The highest BCUT2D eigenvalue weighted by Gasteiger charge is 2.53. The van der Waals surface area contributed by atoms with Crippen LogP contribution < -0.4 is 5.32 Å². The van der Waals surface area contributed by atoms with Gasteiger partial charge in [-0.3, -0.25) is 4.79 Å².